The number of hydrogen-bond donors (Lipinski definition) is 4. The second-order valence-electron chi connectivity index (χ2n) is 11.9. The fraction of sp³-hybridized carbons (Fsp3) is 0.531. The molecular weight excluding hydrogens is 675 g/mol. The molecule has 0 spiro atoms. The van der Waals surface area contributed by atoms with Gasteiger partial charge in [0.05, 0.1) is 0 Å². The van der Waals surface area contributed by atoms with Gasteiger partial charge < -0.3 is 5.73 Å². The van der Waals surface area contributed by atoms with Gasteiger partial charge in [-0.25, -0.2) is 10.1 Å². The van der Waals surface area contributed by atoms with Gasteiger partial charge in [-0.05, 0) is 0 Å². The summed E-state index contributed by atoms with van der Waals surface area (Å²) in [6.45, 7) is 9.05. The van der Waals surface area contributed by atoms with E-state index in [-0.39, 0.29) is 45.6 Å². The van der Waals surface area contributed by atoms with Gasteiger partial charge in [-0.2, -0.15) is 0 Å². The fourth-order valence-electron chi connectivity index (χ4n) is 5.24. The van der Waals surface area contributed by atoms with Crippen molar-refractivity contribution in [3.8, 4) is 0 Å². The van der Waals surface area contributed by atoms with Gasteiger partial charge in [-0.15, -0.1) is 0 Å². The Labute approximate surface area is 270 Å². The number of halogens is 1. The number of nitro groups is 1. The summed E-state index contributed by atoms with van der Waals surface area (Å²) in [7, 11) is 0. The number of alkyl carbamates (subject to hydrolysis) is 1. The zero-order valence-corrected chi connectivity index (χ0v) is 28.2. The van der Waals surface area contributed by atoms with Gasteiger partial charge in [0.1, 0.15) is 5.10 Å². The number of benzene rings is 2. The SMILES string of the molecule is CCC(C)Cc1cccc(C(C2C[I-]2)C(C)(C)NC(=O)[C@H](CCCCN/C(N)=N/[N+](=O)[O-])NC(=O)OCc2ccccc2)c1. The molecule has 0 aromatic heterocycles. The van der Waals surface area contributed by atoms with Crippen LogP contribution in [0.4, 0.5) is 4.79 Å². The maximum atomic E-state index is 13.8. The summed E-state index contributed by atoms with van der Waals surface area (Å²) < 4.78 is 7.23. The van der Waals surface area contributed by atoms with Gasteiger partial charge in [-0.3, -0.25) is 0 Å². The van der Waals surface area contributed by atoms with Crippen LogP contribution >= 0.6 is 0 Å². The first-order valence-corrected chi connectivity index (χ1v) is 17.9. The second kappa shape index (κ2) is 17.2. The molecule has 5 N–H and O–H groups in total. The van der Waals surface area contributed by atoms with Gasteiger partial charge >= 0.3 is 227 Å². The first-order chi connectivity index (χ1) is 21.0. The molecule has 4 atom stereocenters. The van der Waals surface area contributed by atoms with E-state index in [0.29, 0.717) is 35.6 Å². The van der Waals surface area contributed by atoms with Crippen molar-refractivity contribution < 1.29 is 40.6 Å². The molecule has 3 unspecified atom stereocenters. The van der Waals surface area contributed by atoms with E-state index in [1.807, 2.05) is 30.3 Å². The number of alkyl halides is 2. The monoisotopic (exact) mass is 721 g/mol. The second-order valence-corrected chi connectivity index (χ2v) is 15.2. The molecule has 0 bridgehead atoms. The van der Waals surface area contributed by atoms with Crippen molar-refractivity contribution in [1.82, 2.24) is 16.0 Å². The quantitative estimate of drug-likeness (QED) is 0.0364. The minimum atomic E-state index is -0.867. The summed E-state index contributed by atoms with van der Waals surface area (Å²) in [5.74, 6) is 0.226. The van der Waals surface area contributed by atoms with Crippen LogP contribution in [0.25, 0.3) is 0 Å². The van der Waals surface area contributed by atoms with Gasteiger partial charge in [0.15, 0.2) is 5.03 Å². The van der Waals surface area contributed by atoms with E-state index in [9.17, 15) is 19.7 Å². The summed E-state index contributed by atoms with van der Waals surface area (Å²) in [6.07, 6.45) is 2.93. The molecule has 1 aliphatic rings. The standard InChI is InChI=1S/C32H46IN6O5/c1-5-22(2)18-24-14-11-15-25(19-24)28(26-20-33-26)32(3,4)37-29(40)27(16-9-10-17-35-30(34)38-39(42)43)36-31(41)44-21-23-12-7-6-8-13-23/h6-8,11-15,19,22,26-28H,5,9-10,16-18,20-21H2,1-4H3,(H,36,41)(H,37,40)(H3,34,35,38)/q-1/t22?,26?,27-,28?/m0/s1. The van der Waals surface area contributed by atoms with Crippen molar-refractivity contribution in [2.24, 2.45) is 16.8 Å². The van der Waals surface area contributed by atoms with Gasteiger partial charge in [0, 0.05) is 0 Å². The summed E-state index contributed by atoms with van der Waals surface area (Å²) >= 11 is 0.0921. The van der Waals surface area contributed by atoms with E-state index >= 15 is 0 Å². The van der Waals surface area contributed by atoms with Gasteiger partial charge in [0.2, 0.25) is 0 Å². The van der Waals surface area contributed by atoms with E-state index < -0.39 is 22.7 Å². The van der Waals surface area contributed by atoms with Crippen molar-refractivity contribution in [3.05, 3.63) is 81.4 Å². The predicted octanol–water partition coefficient (Wildman–Crippen LogP) is 1.29. The Bertz CT molecular complexity index is 1270. The molecule has 0 radical (unpaired) electrons. The number of amides is 2. The summed E-state index contributed by atoms with van der Waals surface area (Å²) in [6, 6.07) is 17.3. The number of nitrogens with two attached hydrogens (primary N) is 1. The number of rotatable bonds is 17. The Morgan fingerprint density at radius 3 is 2.52 bits per heavy atom. The van der Waals surface area contributed by atoms with Gasteiger partial charge in [0.25, 0.3) is 0 Å². The summed E-state index contributed by atoms with van der Waals surface area (Å²) in [5.41, 5.74) is 8.36. The third-order valence-electron chi connectivity index (χ3n) is 7.74. The van der Waals surface area contributed by atoms with Crippen molar-refractivity contribution >= 4 is 18.0 Å². The third-order valence-corrected chi connectivity index (χ3v) is 10.4. The van der Waals surface area contributed by atoms with Crippen LogP contribution in [-0.2, 0) is 22.6 Å². The molecule has 2 amide bonds. The molecule has 0 aliphatic carbocycles. The fourth-order valence-corrected chi connectivity index (χ4v) is 7.86. The Kier molecular flexibility index (Phi) is 13.7. The number of ether oxygens (including phenoxy) is 1. The molecule has 1 heterocycles. The number of nitrogens with one attached hydrogen (secondary N) is 3. The zero-order chi connectivity index (χ0) is 32.1. The molecule has 11 nitrogen and oxygen atoms in total. The summed E-state index contributed by atoms with van der Waals surface area (Å²) in [4.78, 5) is 37.1. The third kappa shape index (κ3) is 11.9. The molecule has 12 heteroatoms. The number of unbranched alkanes of at least 4 members (excludes halogenated alkanes) is 1. The molecule has 3 rings (SSSR count). The van der Waals surface area contributed by atoms with Crippen LogP contribution in [-0.4, -0.2) is 49.5 Å². The van der Waals surface area contributed by atoms with Crippen LogP contribution in [0, 0.1) is 16.0 Å². The Balaban J connectivity index is 1.69. The first-order valence-electron chi connectivity index (χ1n) is 15.2. The molecular formula is C32H46IN6O5-. The average molecular weight is 722 g/mol. The van der Waals surface area contributed by atoms with Crippen molar-refractivity contribution in [2.45, 2.75) is 87.8 Å². The van der Waals surface area contributed by atoms with Crippen LogP contribution in [0.1, 0.15) is 76.0 Å². The Morgan fingerprint density at radius 1 is 1.16 bits per heavy atom. The van der Waals surface area contributed by atoms with E-state index in [2.05, 4.69) is 73.0 Å². The summed E-state index contributed by atoms with van der Waals surface area (Å²) in [5, 5.41) is 21.4. The maximum absolute atomic E-state index is 13.8. The first kappa shape index (κ1) is 35.1. The van der Waals surface area contributed by atoms with E-state index in [1.165, 1.54) is 15.6 Å². The zero-order valence-electron chi connectivity index (χ0n) is 26.1. The topological polar surface area (TPSA) is 161 Å². The minimum absolute atomic E-state index is 0.0892. The number of carbonyl (C=O) groups excluding carboxylic acids is 2. The normalized spacial score (nSPS) is 16.9. The van der Waals surface area contributed by atoms with Crippen LogP contribution in [0.15, 0.2) is 59.7 Å². The molecule has 1 fully saturated rings. The number of carbonyl (C=O) groups is 2. The Morgan fingerprint density at radius 2 is 1.86 bits per heavy atom. The van der Waals surface area contributed by atoms with Crippen LogP contribution < -0.4 is 42.9 Å². The molecule has 0 saturated carbocycles. The molecule has 2 aromatic carbocycles. The number of nitrogens with zero attached hydrogens (tertiary/aromatic N) is 2. The predicted molar refractivity (Wildman–Crippen MR) is 167 cm³/mol. The van der Waals surface area contributed by atoms with Crippen LogP contribution in [0.2, 0.25) is 0 Å². The molecule has 44 heavy (non-hydrogen) atoms. The Hall–Kier alpha value is -3.42. The molecule has 242 valence electrons. The van der Waals surface area contributed by atoms with E-state index in [0.717, 1.165) is 18.4 Å². The van der Waals surface area contributed by atoms with Crippen molar-refractivity contribution in [2.75, 3.05) is 11.0 Å². The van der Waals surface area contributed by atoms with E-state index in [4.69, 9.17) is 10.5 Å². The number of guanidine groups is 1. The van der Waals surface area contributed by atoms with E-state index in [1.54, 1.807) is 0 Å². The van der Waals surface area contributed by atoms with Crippen LogP contribution in [0.5, 0.6) is 0 Å². The van der Waals surface area contributed by atoms with Crippen molar-refractivity contribution in [1.29, 1.82) is 0 Å². The average Bonchev–Trinajstić information content (AvgIpc) is 3.80. The molecule has 1 saturated heterocycles. The van der Waals surface area contributed by atoms with Crippen LogP contribution in [0.3, 0.4) is 0 Å². The molecule has 1 aliphatic heterocycles. The van der Waals surface area contributed by atoms with Crippen molar-refractivity contribution in [3.63, 3.8) is 0 Å². The van der Waals surface area contributed by atoms with Gasteiger partial charge in [-0.1, -0.05) is 18.2 Å². The number of hydrogen-bond acceptors (Lipinski definition) is 5. The molecule has 2 aromatic rings. The number of hydrazone groups is 1.